The van der Waals surface area contributed by atoms with E-state index < -0.39 is 18.0 Å². The van der Waals surface area contributed by atoms with E-state index in [2.05, 4.69) is 10.6 Å². The Morgan fingerprint density at radius 1 is 1.45 bits per heavy atom. The molecule has 1 aliphatic rings. The molecular formula is C12H22N4O4. The zero-order valence-electron chi connectivity index (χ0n) is 11.8. The topological polar surface area (TPSA) is 114 Å². The van der Waals surface area contributed by atoms with Crippen LogP contribution in [0.15, 0.2) is 0 Å². The van der Waals surface area contributed by atoms with Gasteiger partial charge in [0, 0.05) is 13.7 Å². The van der Waals surface area contributed by atoms with Crippen molar-refractivity contribution in [2.45, 2.75) is 31.8 Å². The van der Waals surface area contributed by atoms with Crippen molar-refractivity contribution in [3.05, 3.63) is 0 Å². The summed E-state index contributed by atoms with van der Waals surface area (Å²) >= 11 is 0. The molecular weight excluding hydrogens is 264 g/mol. The number of hydrogen-bond donors (Lipinski definition) is 3. The van der Waals surface area contributed by atoms with Gasteiger partial charge in [0.1, 0.15) is 6.04 Å². The molecule has 114 valence electrons. The van der Waals surface area contributed by atoms with Crippen molar-refractivity contribution in [2.75, 3.05) is 26.8 Å². The highest BCUT2D eigenvalue weighted by Gasteiger charge is 2.32. The van der Waals surface area contributed by atoms with Gasteiger partial charge >= 0.3 is 6.03 Å². The average molecular weight is 286 g/mol. The van der Waals surface area contributed by atoms with Gasteiger partial charge in [-0.1, -0.05) is 0 Å². The van der Waals surface area contributed by atoms with Crippen LogP contribution in [0.2, 0.25) is 0 Å². The lowest BCUT2D eigenvalue weighted by atomic mass is 10.2. The van der Waals surface area contributed by atoms with Crippen LogP contribution in [-0.2, 0) is 14.3 Å². The van der Waals surface area contributed by atoms with Gasteiger partial charge in [-0.05, 0) is 19.8 Å². The van der Waals surface area contributed by atoms with Crippen LogP contribution in [0.4, 0.5) is 4.79 Å². The lowest BCUT2D eigenvalue weighted by molar-refractivity contribution is -0.136. The van der Waals surface area contributed by atoms with E-state index in [-0.39, 0.29) is 18.5 Å². The second-order valence-electron chi connectivity index (χ2n) is 4.83. The monoisotopic (exact) mass is 286 g/mol. The predicted molar refractivity (Wildman–Crippen MR) is 71.8 cm³/mol. The summed E-state index contributed by atoms with van der Waals surface area (Å²) in [5.74, 6) is -0.810. The number of methoxy groups -OCH3 is 1. The fourth-order valence-electron chi connectivity index (χ4n) is 2.18. The summed E-state index contributed by atoms with van der Waals surface area (Å²) in [5.41, 5.74) is 5.23. The van der Waals surface area contributed by atoms with E-state index in [0.717, 1.165) is 6.42 Å². The number of rotatable bonds is 6. The Morgan fingerprint density at radius 3 is 2.75 bits per heavy atom. The van der Waals surface area contributed by atoms with E-state index in [4.69, 9.17) is 10.5 Å². The molecule has 4 amide bonds. The van der Waals surface area contributed by atoms with Crippen molar-refractivity contribution >= 4 is 17.8 Å². The highest BCUT2D eigenvalue weighted by molar-refractivity contribution is 5.89. The highest BCUT2D eigenvalue weighted by atomic mass is 16.5. The minimum absolute atomic E-state index is 0.153. The van der Waals surface area contributed by atoms with E-state index in [0.29, 0.717) is 19.6 Å². The van der Waals surface area contributed by atoms with Gasteiger partial charge in [0.15, 0.2) is 0 Å². The number of nitrogens with zero attached hydrogens (tertiary/aromatic N) is 1. The van der Waals surface area contributed by atoms with Gasteiger partial charge in [0.2, 0.25) is 11.8 Å². The van der Waals surface area contributed by atoms with Crippen molar-refractivity contribution in [1.82, 2.24) is 15.5 Å². The van der Waals surface area contributed by atoms with Crippen LogP contribution in [-0.4, -0.2) is 61.6 Å². The summed E-state index contributed by atoms with van der Waals surface area (Å²) in [5, 5.41) is 5.08. The normalized spacial score (nSPS) is 19.5. The number of carbonyl (C=O) groups excluding carboxylic acids is 3. The van der Waals surface area contributed by atoms with Gasteiger partial charge in [0.05, 0.1) is 19.2 Å². The minimum Gasteiger partial charge on any atom is -0.383 e. The number of nitrogens with two attached hydrogens (primary N) is 1. The number of amides is 4. The number of hydrogen-bond acceptors (Lipinski definition) is 4. The van der Waals surface area contributed by atoms with E-state index in [1.165, 1.54) is 12.0 Å². The third kappa shape index (κ3) is 4.69. The number of nitrogens with one attached hydrogen (secondary N) is 2. The van der Waals surface area contributed by atoms with E-state index in [1.807, 2.05) is 0 Å². The number of primary amides is 1. The molecule has 4 N–H and O–H groups in total. The number of ether oxygens (including phenoxy) is 1. The van der Waals surface area contributed by atoms with Gasteiger partial charge in [-0.3, -0.25) is 9.59 Å². The largest absolute Gasteiger partial charge is 0.383 e. The van der Waals surface area contributed by atoms with Crippen molar-refractivity contribution in [1.29, 1.82) is 0 Å². The SMILES string of the molecule is COC[C@H](C)NC(=O)NCC(=O)N1CCC[C@H]1C(N)=O. The summed E-state index contributed by atoms with van der Waals surface area (Å²) in [4.78, 5) is 36.1. The molecule has 0 bridgehead atoms. The van der Waals surface area contributed by atoms with Gasteiger partial charge in [0.25, 0.3) is 0 Å². The molecule has 1 rings (SSSR count). The van der Waals surface area contributed by atoms with Crippen LogP contribution in [0.1, 0.15) is 19.8 Å². The standard InChI is InChI=1S/C12H22N4O4/c1-8(7-20-2)15-12(19)14-6-10(17)16-5-3-4-9(16)11(13)18/h8-9H,3-7H2,1-2H3,(H2,13,18)(H2,14,15,19)/t8-,9-/m0/s1. The van der Waals surface area contributed by atoms with Gasteiger partial charge in [-0.25, -0.2) is 4.79 Å². The first-order valence-electron chi connectivity index (χ1n) is 6.57. The second kappa shape index (κ2) is 7.68. The van der Waals surface area contributed by atoms with E-state index in [1.54, 1.807) is 6.92 Å². The van der Waals surface area contributed by atoms with Crippen LogP contribution < -0.4 is 16.4 Å². The maximum absolute atomic E-state index is 11.9. The molecule has 8 nitrogen and oxygen atoms in total. The predicted octanol–water partition coefficient (Wildman–Crippen LogP) is -1.20. The molecule has 0 spiro atoms. The van der Waals surface area contributed by atoms with Crippen LogP contribution >= 0.6 is 0 Å². The maximum atomic E-state index is 11.9. The highest BCUT2D eigenvalue weighted by Crippen LogP contribution is 2.16. The Kier molecular flexibility index (Phi) is 6.23. The lowest BCUT2D eigenvalue weighted by Gasteiger charge is -2.22. The first kappa shape index (κ1) is 16.2. The lowest BCUT2D eigenvalue weighted by Crippen LogP contribution is -2.50. The zero-order chi connectivity index (χ0) is 15.1. The third-order valence-electron chi connectivity index (χ3n) is 3.10. The van der Waals surface area contributed by atoms with Crippen molar-refractivity contribution < 1.29 is 19.1 Å². The van der Waals surface area contributed by atoms with E-state index in [9.17, 15) is 14.4 Å². The molecule has 0 radical (unpaired) electrons. The van der Waals surface area contributed by atoms with E-state index >= 15 is 0 Å². The van der Waals surface area contributed by atoms with Crippen LogP contribution in [0, 0.1) is 0 Å². The fraction of sp³-hybridized carbons (Fsp3) is 0.750. The molecule has 1 aliphatic heterocycles. The zero-order valence-corrected chi connectivity index (χ0v) is 11.8. The number of urea groups is 1. The van der Waals surface area contributed by atoms with Crippen molar-refractivity contribution in [3.63, 3.8) is 0 Å². The molecule has 0 aliphatic carbocycles. The fourth-order valence-corrected chi connectivity index (χ4v) is 2.18. The number of likely N-dealkylation sites (tertiary alicyclic amines) is 1. The Hall–Kier alpha value is -1.83. The molecule has 2 atom stereocenters. The first-order chi connectivity index (χ1) is 9.45. The van der Waals surface area contributed by atoms with Gasteiger partial charge in [-0.15, -0.1) is 0 Å². The van der Waals surface area contributed by atoms with Crippen LogP contribution in [0.5, 0.6) is 0 Å². The Morgan fingerprint density at radius 2 is 2.15 bits per heavy atom. The van der Waals surface area contributed by atoms with Gasteiger partial charge < -0.3 is 26.0 Å². The van der Waals surface area contributed by atoms with Crippen molar-refractivity contribution in [3.8, 4) is 0 Å². The second-order valence-corrected chi connectivity index (χ2v) is 4.83. The molecule has 1 fully saturated rings. The molecule has 0 saturated carbocycles. The Labute approximate surface area is 118 Å². The quantitative estimate of drug-likeness (QED) is 0.569. The van der Waals surface area contributed by atoms with Gasteiger partial charge in [-0.2, -0.15) is 0 Å². The van der Waals surface area contributed by atoms with Crippen LogP contribution in [0.3, 0.4) is 0 Å². The summed E-state index contributed by atoms with van der Waals surface area (Å²) in [6.07, 6.45) is 1.33. The molecule has 0 aromatic heterocycles. The number of carbonyl (C=O) groups is 3. The molecule has 0 unspecified atom stereocenters. The third-order valence-corrected chi connectivity index (χ3v) is 3.10. The maximum Gasteiger partial charge on any atom is 0.315 e. The molecule has 0 aromatic carbocycles. The summed E-state index contributed by atoms with van der Waals surface area (Å²) in [6, 6.07) is -1.15. The summed E-state index contributed by atoms with van der Waals surface area (Å²) in [6.45, 7) is 2.51. The molecule has 1 heterocycles. The smallest absolute Gasteiger partial charge is 0.315 e. The molecule has 1 saturated heterocycles. The van der Waals surface area contributed by atoms with Crippen LogP contribution in [0.25, 0.3) is 0 Å². The Balaban J connectivity index is 2.35. The molecule has 8 heteroatoms. The summed E-state index contributed by atoms with van der Waals surface area (Å²) in [7, 11) is 1.54. The summed E-state index contributed by atoms with van der Waals surface area (Å²) < 4.78 is 4.88. The Bertz CT molecular complexity index is 374. The first-order valence-corrected chi connectivity index (χ1v) is 6.57. The minimum atomic E-state index is -0.556. The average Bonchev–Trinajstić information content (AvgIpc) is 2.85. The van der Waals surface area contributed by atoms with Crippen molar-refractivity contribution in [2.24, 2.45) is 5.73 Å². The molecule has 0 aromatic rings. The molecule has 20 heavy (non-hydrogen) atoms.